The number of benzene rings is 2. The topological polar surface area (TPSA) is 105 Å². The van der Waals surface area contributed by atoms with Gasteiger partial charge in [0.05, 0.1) is 12.0 Å². The highest BCUT2D eigenvalue weighted by Gasteiger charge is 2.29. The molecule has 170 valence electrons. The van der Waals surface area contributed by atoms with Gasteiger partial charge < -0.3 is 24.7 Å². The monoisotopic (exact) mass is 438 g/mol. The second-order valence-corrected chi connectivity index (χ2v) is 8.82. The van der Waals surface area contributed by atoms with Crippen LogP contribution in [0.2, 0.25) is 0 Å². The van der Waals surface area contributed by atoms with Gasteiger partial charge in [-0.05, 0) is 55.9 Å². The average Bonchev–Trinajstić information content (AvgIpc) is 3.04. The van der Waals surface area contributed by atoms with E-state index in [1.54, 1.807) is 20.8 Å². The van der Waals surface area contributed by atoms with E-state index in [-0.39, 0.29) is 31.8 Å². The lowest BCUT2D eigenvalue weighted by atomic mass is 9.98. The number of hydrogen-bond donors (Lipinski definition) is 1. The van der Waals surface area contributed by atoms with Gasteiger partial charge in [0.2, 0.25) is 0 Å². The van der Waals surface area contributed by atoms with Crippen LogP contribution < -0.4 is 10.4 Å². The standard InChI is InChI=1S/C25H29NO6/c1-25(2,3)32-22(27)14-8-13-21(23(28)29)26-24(30)31-15-20-18-11-6-4-9-16(18)17-10-5-7-12-19(17)20/h4-7,9-12,20-21H,8,13-15H2,1-3H3,(H,26,30)(H,28,29)/p-1/t21-/m0/s1. The highest BCUT2D eigenvalue weighted by atomic mass is 16.6. The van der Waals surface area contributed by atoms with Crippen molar-refractivity contribution in [3.05, 3.63) is 59.7 Å². The van der Waals surface area contributed by atoms with Crippen LogP contribution in [0.5, 0.6) is 0 Å². The van der Waals surface area contributed by atoms with Gasteiger partial charge in [0.25, 0.3) is 0 Å². The van der Waals surface area contributed by atoms with Crippen molar-refractivity contribution in [3.8, 4) is 11.1 Å². The average molecular weight is 439 g/mol. The van der Waals surface area contributed by atoms with Crippen LogP contribution in [0, 0.1) is 0 Å². The van der Waals surface area contributed by atoms with E-state index in [4.69, 9.17) is 9.47 Å². The maximum atomic E-state index is 12.3. The summed E-state index contributed by atoms with van der Waals surface area (Å²) in [6.07, 6.45) is -0.519. The largest absolute Gasteiger partial charge is 0.548 e. The molecule has 7 nitrogen and oxygen atoms in total. The number of carboxylic acid groups (broad SMARTS) is 1. The quantitative estimate of drug-likeness (QED) is 0.635. The third kappa shape index (κ3) is 5.87. The van der Waals surface area contributed by atoms with E-state index in [1.165, 1.54) is 0 Å². The minimum absolute atomic E-state index is 0.0335. The van der Waals surface area contributed by atoms with Crippen molar-refractivity contribution >= 4 is 18.0 Å². The SMILES string of the molecule is CC(C)(C)OC(=O)CCC[C@H](NC(=O)OCC1c2ccccc2-c2ccccc21)C(=O)[O-]. The Morgan fingerprint density at radius 2 is 1.56 bits per heavy atom. The van der Waals surface area contributed by atoms with Crippen LogP contribution in [0.25, 0.3) is 11.1 Å². The number of nitrogens with one attached hydrogen (secondary N) is 1. The van der Waals surface area contributed by atoms with Crippen LogP contribution in [-0.4, -0.2) is 36.3 Å². The number of hydrogen-bond acceptors (Lipinski definition) is 6. The molecular formula is C25H28NO6-. The summed E-state index contributed by atoms with van der Waals surface area (Å²) in [5.41, 5.74) is 3.73. The van der Waals surface area contributed by atoms with Crippen LogP contribution in [0.4, 0.5) is 4.79 Å². The molecule has 0 saturated heterocycles. The van der Waals surface area contributed by atoms with Crippen molar-refractivity contribution in [2.45, 2.75) is 57.6 Å². The van der Waals surface area contributed by atoms with Gasteiger partial charge in [0.1, 0.15) is 12.2 Å². The molecule has 0 saturated carbocycles. The molecule has 1 N–H and O–H groups in total. The van der Waals surface area contributed by atoms with Gasteiger partial charge in [-0.25, -0.2) is 4.79 Å². The van der Waals surface area contributed by atoms with Crippen LogP contribution in [0.15, 0.2) is 48.5 Å². The molecule has 3 rings (SSSR count). The molecule has 0 aliphatic heterocycles. The van der Waals surface area contributed by atoms with Gasteiger partial charge in [-0.2, -0.15) is 0 Å². The lowest BCUT2D eigenvalue weighted by molar-refractivity contribution is -0.308. The summed E-state index contributed by atoms with van der Waals surface area (Å²) in [5.74, 6) is -1.97. The molecule has 0 unspecified atom stereocenters. The molecule has 0 bridgehead atoms. The minimum atomic E-state index is -1.43. The molecule has 32 heavy (non-hydrogen) atoms. The molecule has 0 aromatic heterocycles. The van der Waals surface area contributed by atoms with Gasteiger partial charge >= 0.3 is 12.1 Å². The first-order chi connectivity index (χ1) is 15.2. The number of amides is 1. The molecule has 1 atom stereocenters. The number of rotatable bonds is 8. The number of fused-ring (bicyclic) bond motifs is 3. The molecule has 1 amide bonds. The van der Waals surface area contributed by atoms with Crippen molar-refractivity contribution in [3.63, 3.8) is 0 Å². The fourth-order valence-corrected chi connectivity index (χ4v) is 3.87. The molecule has 0 radical (unpaired) electrons. The summed E-state index contributed by atoms with van der Waals surface area (Å²) < 4.78 is 10.6. The lowest BCUT2D eigenvalue weighted by Crippen LogP contribution is -2.48. The number of carboxylic acids is 1. The van der Waals surface area contributed by atoms with E-state index in [9.17, 15) is 19.5 Å². The summed E-state index contributed by atoms with van der Waals surface area (Å²) >= 11 is 0. The highest BCUT2D eigenvalue weighted by Crippen LogP contribution is 2.44. The molecule has 2 aromatic carbocycles. The zero-order valence-corrected chi connectivity index (χ0v) is 18.6. The first-order valence-electron chi connectivity index (χ1n) is 10.7. The molecule has 1 aliphatic rings. The van der Waals surface area contributed by atoms with Gasteiger partial charge in [-0.15, -0.1) is 0 Å². The maximum Gasteiger partial charge on any atom is 0.407 e. The predicted molar refractivity (Wildman–Crippen MR) is 117 cm³/mol. The Balaban J connectivity index is 1.54. The Bertz CT molecular complexity index is 948. The molecule has 7 heteroatoms. The second kappa shape index (κ2) is 9.85. The fourth-order valence-electron chi connectivity index (χ4n) is 3.87. The first kappa shape index (κ1) is 23.3. The van der Waals surface area contributed by atoms with Crippen molar-refractivity contribution in [2.75, 3.05) is 6.61 Å². The number of carbonyl (C=O) groups excluding carboxylic acids is 3. The number of carbonyl (C=O) groups is 3. The van der Waals surface area contributed by atoms with E-state index in [0.717, 1.165) is 22.3 Å². The lowest BCUT2D eigenvalue weighted by Gasteiger charge is -2.22. The molecule has 1 aliphatic carbocycles. The number of alkyl carbamates (subject to hydrolysis) is 1. The Morgan fingerprint density at radius 3 is 2.09 bits per heavy atom. The third-order valence-corrected chi connectivity index (χ3v) is 5.21. The fraction of sp³-hybridized carbons (Fsp3) is 0.400. The summed E-state index contributed by atoms with van der Waals surface area (Å²) in [6.45, 7) is 5.35. The van der Waals surface area contributed by atoms with Crippen LogP contribution in [0.1, 0.15) is 57.1 Å². The Labute approximate surface area is 187 Å². The van der Waals surface area contributed by atoms with Crippen molar-refractivity contribution in [1.82, 2.24) is 5.32 Å². The molecule has 0 fully saturated rings. The summed E-state index contributed by atoms with van der Waals surface area (Å²) in [6, 6.07) is 14.6. The Kier molecular flexibility index (Phi) is 7.18. The molecule has 0 spiro atoms. The van der Waals surface area contributed by atoms with E-state index < -0.39 is 29.7 Å². The number of ether oxygens (including phenoxy) is 2. The Morgan fingerprint density at radius 1 is 1.00 bits per heavy atom. The van der Waals surface area contributed by atoms with E-state index in [2.05, 4.69) is 5.32 Å². The highest BCUT2D eigenvalue weighted by molar-refractivity contribution is 5.80. The first-order valence-corrected chi connectivity index (χ1v) is 10.7. The van der Waals surface area contributed by atoms with E-state index in [0.29, 0.717) is 0 Å². The van der Waals surface area contributed by atoms with Gasteiger partial charge in [0.15, 0.2) is 0 Å². The molecule has 2 aromatic rings. The minimum Gasteiger partial charge on any atom is -0.548 e. The second-order valence-electron chi connectivity index (χ2n) is 8.82. The third-order valence-electron chi connectivity index (χ3n) is 5.21. The van der Waals surface area contributed by atoms with E-state index in [1.807, 2.05) is 48.5 Å². The summed E-state index contributed by atoms with van der Waals surface area (Å²) in [4.78, 5) is 35.5. The van der Waals surface area contributed by atoms with E-state index >= 15 is 0 Å². The van der Waals surface area contributed by atoms with Gasteiger partial charge in [-0.3, -0.25) is 4.79 Å². The smallest absolute Gasteiger partial charge is 0.407 e. The van der Waals surface area contributed by atoms with Gasteiger partial charge in [-0.1, -0.05) is 48.5 Å². The number of esters is 1. The van der Waals surface area contributed by atoms with Gasteiger partial charge in [0, 0.05) is 12.3 Å². The zero-order valence-electron chi connectivity index (χ0n) is 18.6. The van der Waals surface area contributed by atoms with Crippen molar-refractivity contribution in [1.29, 1.82) is 0 Å². The number of aliphatic carboxylic acids is 1. The zero-order chi connectivity index (χ0) is 23.3. The maximum absolute atomic E-state index is 12.3. The normalized spacial score (nSPS) is 13.6. The van der Waals surface area contributed by atoms with Crippen molar-refractivity contribution in [2.24, 2.45) is 0 Å². The molecular weight excluding hydrogens is 410 g/mol. The van der Waals surface area contributed by atoms with Crippen molar-refractivity contribution < 1.29 is 29.0 Å². The predicted octanol–water partition coefficient (Wildman–Crippen LogP) is 3.16. The van der Waals surface area contributed by atoms with Crippen LogP contribution in [-0.2, 0) is 19.1 Å². The Hall–Kier alpha value is -3.35. The van der Waals surface area contributed by atoms with Crippen LogP contribution >= 0.6 is 0 Å². The molecule has 0 heterocycles. The summed E-state index contributed by atoms with van der Waals surface area (Å²) in [7, 11) is 0. The van der Waals surface area contributed by atoms with Crippen LogP contribution in [0.3, 0.4) is 0 Å². The summed E-state index contributed by atoms with van der Waals surface area (Å²) in [5, 5.41) is 13.8.